The number of carbonyl (C=O) groups is 1. The molecule has 0 bridgehead atoms. The molecule has 1 aromatic rings. The summed E-state index contributed by atoms with van der Waals surface area (Å²) in [6, 6.07) is 0. The molecule has 0 saturated heterocycles. The molecule has 0 aliphatic heterocycles. The van der Waals surface area contributed by atoms with Crippen LogP contribution in [0.4, 0.5) is 5.13 Å². The summed E-state index contributed by atoms with van der Waals surface area (Å²) in [6.07, 6.45) is 0. The number of anilines is 1. The second-order valence-electron chi connectivity index (χ2n) is 4.71. The Bertz CT molecular complexity index is 434. The summed E-state index contributed by atoms with van der Waals surface area (Å²) in [7, 11) is 0. The molecule has 1 rings (SSSR count). The van der Waals surface area contributed by atoms with E-state index in [0.29, 0.717) is 13.1 Å². The van der Waals surface area contributed by atoms with Crippen LogP contribution in [0, 0.1) is 19.8 Å². The Morgan fingerprint density at radius 3 is 2.56 bits per heavy atom. The lowest BCUT2D eigenvalue weighted by molar-refractivity contribution is -0.140. The molecule has 0 saturated carbocycles. The van der Waals surface area contributed by atoms with E-state index < -0.39 is 11.9 Å². The van der Waals surface area contributed by atoms with E-state index in [1.807, 2.05) is 25.7 Å². The lowest BCUT2D eigenvalue weighted by Gasteiger charge is -2.23. The van der Waals surface area contributed by atoms with Crippen molar-refractivity contribution in [3.05, 3.63) is 22.7 Å². The third-order valence-corrected chi connectivity index (χ3v) is 3.80. The molecule has 0 aliphatic carbocycles. The van der Waals surface area contributed by atoms with Crippen molar-refractivity contribution in [2.75, 3.05) is 18.0 Å². The van der Waals surface area contributed by atoms with Crippen LogP contribution in [0.2, 0.25) is 0 Å². The summed E-state index contributed by atoms with van der Waals surface area (Å²) in [6.45, 7) is 12.6. The van der Waals surface area contributed by atoms with E-state index in [9.17, 15) is 4.79 Å². The van der Waals surface area contributed by atoms with E-state index >= 15 is 0 Å². The standard InChI is InChI=1S/C13H20N2O2S/c1-8(2)6-15(7-9(3)12(16)17)13-14-10(4)11(5)18-13/h9H,1,6-7H2,2-5H3,(H,16,17). The van der Waals surface area contributed by atoms with E-state index in [2.05, 4.69) is 11.6 Å². The van der Waals surface area contributed by atoms with Crippen LogP contribution in [0.5, 0.6) is 0 Å². The molecule has 100 valence electrons. The summed E-state index contributed by atoms with van der Waals surface area (Å²) in [4.78, 5) is 18.6. The van der Waals surface area contributed by atoms with Gasteiger partial charge in [-0.3, -0.25) is 4.79 Å². The Morgan fingerprint density at radius 1 is 1.56 bits per heavy atom. The Hall–Kier alpha value is -1.36. The average molecular weight is 268 g/mol. The summed E-state index contributed by atoms with van der Waals surface area (Å²) < 4.78 is 0. The molecule has 0 spiro atoms. The molecular formula is C13H20N2O2S. The summed E-state index contributed by atoms with van der Waals surface area (Å²) >= 11 is 1.60. The fourth-order valence-electron chi connectivity index (χ4n) is 1.54. The van der Waals surface area contributed by atoms with Gasteiger partial charge in [-0.25, -0.2) is 4.98 Å². The molecule has 1 aromatic heterocycles. The van der Waals surface area contributed by atoms with E-state index in [-0.39, 0.29) is 0 Å². The minimum Gasteiger partial charge on any atom is -0.481 e. The van der Waals surface area contributed by atoms with Gasteiger partial charge in [0, 0.05) is 18.0 Å². The molecule has 1 N–H and O–H groups in total. The molecule has 1 unspecified atom stereocenters. The molecule has 1 heterocycles. The third-order valence-electron chi connectivity index (χ3n) is 2.66. The zero-order valence-corrected chi connectivity index (χ0v) is 12.2. The van der Waals surface area contributed by atoms with Crippen LogP contribution < -0.4 is 4.90 Å². The van der Waals surface area contributed by atoms with Crippen LogP contribution in [-0.4, -0.2) is 29.1 Å². The van der Waals surface area contributed by atoms with Crippen LogP contribution in [0.3, 0.4) is 0 Å². The lowest BCUT2D eigenvalue weighted by atomic mass is 10.1. The zero-order chi connectivity index (χ0) is 13.9. The van der Waals surface area contributed by atoms with Crippen LogP contribution >= 0.6 is 11.3 Å². The molecule has 0 radical (unpaired) electrons. The maximum absolute atomic E-state index is 11.0. The van der Waals surface area contributed by atoms with Crippen LogP contribution in [-0.2, 0) is 4.79 Å². The van der Waals surface area contributed by atoms with Crippen molar-refractivity contribution in [1.29, 1.82) is 0 Å². The molecule has 18 heavy (non-hydrogen) atoms. The number of carboxylic acid groups (broad SMARTS) is 1. The van der Waals surface area contributed by atoms with Gasteiger partial charge in [0.15, 0.2) is 5.13 Å². The Balaban J connectivity index is 2.90. The maximum atomic E-state index is 11.0. The fourth-order valence-corrected chi connectivity index (χ4v) is 2.45. The van der Waals surface area contributed by atoms with E-state index in [4.69, 9.17) is 5.11 Å². The van der Waals surface area contributed by atoms with Crippen molar-refractivity contribution in [1.82, 2.24) is 4.98 Å². The summed E-state index contributed by atoms with van der Waals surface area (Å²) in [5.41, 5.74) is 2.00. The number of hydrogen-bond donors (Lipinski definition) is 1. The summed E-state index contributed by atoms with van der Waals surface area (Å²) in [5.74, 6) is -1.21. The lowest BCUT2D eigenvalue weighted by Crippen LogP contribution is -2.33. The monoisotopic (exact) mass is 268 g/mol. The van der Waals surface area contributed by atoms with Gasteiger partial charge in [-0.1, -0.05) is 19.1 Å². The maximum Gasteiger partial charge on any atom is 0.308 e. The van der Waals surface area contributed by atoms with Gasteiger partial charge in [0.25, 0.3) is 0 Å². The first-order valence-corrected chi connectivity index (χ1v) is 6.69. The average Bonchev–Trinajstić information content (AvgIpc) is 2.57. The Kier molecular flexibility index (Phi) is 4.90. The Morgan fingerprint density at radius 2 is 2.17 bits per heavy atom. The highest BCUT2D eigenvalue weighted by atomic mass is 32.1. The zero-order valence-electron chi connectivity index (χ0n) is 11.4. The van der Waals surface area contributed by atoms with Crippen molar-refractivity contribution >= 4 is 22.4 Å². The second-order valence-corrected chi connectivity index (χ2v) is 5.90. The minimum absolute atomic E-state index is 0.422. The van der Waals surface area contributed by atoms with Crippen LogP contribution in [0.15, 0.2) is 12.2 Å². The predicted molar refractivity (Wildman–Crippen MR) is 75.4 cm³/mol. The number of aromatic nitrogens is 1. The number of rotatable bonds is 6. The number of thiazole rings is 1. The van der Waals surface area contributed by atoms with Crippen molar-refractivity contribution in [3.63, 3.8) is 0 Å². The SMILES string of the molecule is C=C(C)CN(CC(C)C(=O)O)c1nc(C)c(C)s1. The van der Waals surface area contributed by atoms with Crippen molar-refractivity contribution in [2.45, 2.75) is 27.7 Å². The van der Waals surface area contributed by atoms with Gasteiger partial charge in [-0.05, 0) is 20.8 Å². The van der Waals surface area contributed by atoms with Crippen molar-refractivity contribution in [2.24, 2.45) is 5.92 Å². The molecule has 0 fully saturated rings. The van der Waals surface area contributed by atoms with Gasteiger partial charge < -0.3 is 10.0 Å². The highest BCUT2D eigenvalue weighted by Crippen LogP contribution is 2.26. The topological polar surface area (TPSA) is 53.4 Å². The normalized spacial score (nSPS) is 12.2. The van der Waals surface area contributed by atoms with Gasteiger partial charge in [-0.15, -0.1) is 11.3 Å². The highest BCUT2D eigenvalue weighted by molar-refractivity contribution is 7.15. The van der Waals surface area contributed by atoms with Gasteiger partial charge >= 0.3 is 5.97 Å². The quantitative estimate of drug-likeness (QED) is 0.806. The predicted octanol–water partition coefficient (Wildman–Crippen LogP) is 2.86. The molecule has 0 aromatic carbocycles. The van der Waals surface area contributed by atoms with Gasteiger partial charge in [0.05, 0.1) is 11.6 Å². The molecular weight excluding hydrogens is 248 g/mol. The first-order chi connectivity index (χ1) is 8.31. The molecule has 0 aliphatic rings. The van der Waals surface area contributed by atoms with Crippen molar-refractivity contribution in [3.8, 4) is 0 Å². The third kappa shape index (κ3) is 3.84. The highest BCUT2D eigenvalue weighted by Gasteiger charge is 2.19. The first kappa shape index (κ1) is 14.7. The molecule has 5 heteroatoms. The molecule has 0 amide bonds. The van der Waals surface area contributed by atoms with E-state index in [0.717, 1.165) is 16.4 Å². The van der Waals surface area contributed by atoms with Crippen molar-refractivity contribution < 1.29 is 9.90 Å². The van der Waals surface area contributed by atoms with Gasteiger partial charge in [0.2, 0.25) is 0 Å². The van der Waals surface area contributed by atoms with Crippen LogP contribution in [0.25, 0.3) is 0 Å². The minimum atomic E-state index is -0.785. The van der Waals surface area contributed by atoms with Gasteiger partial charge in [-0.2, -0.15) is 0 Å². The van der Waals surface area contributed by atoms with E-state index in [1.165, 1.54) is 4.88 Å². The number of nitrogens with zero attached hydrogens (tertiary/aromatic N) is 2. The molecule has 4 nitrogen and oxygen atoms in total. The number of carboxylic acids is 1. The van der Waals surface area contributed by atoms with Crippen LogP contribution in [0.1, 0.15) is 24.4 Å². The number of hydrogen-bond acceptors (Lipinski definition) is 4. The molecule has 1 atom stereocenters. The second kappa shape index (κ2) is 6.00. The van der Waals surface area contributed by atoms with E-state index in [1.54, 1.807) is 18.3 Å². The Labute approximate surface area is 112 Å². The van der Waals surface area contributed by atoms with Gasteiger partial charge in [0.1, 0.15) is 0 Å². The largest absolute Gasteiger partial charge is 0.481 e. The smallest absolute Gasteiger partial charge is 0.308 e. The number of aliphatic carboxylic acids is 1. The first-order valence-electron chi connectivity index (χ1n) is 5.87. The number of aryl methyl sites for hydroxylation is 2. The fraction of sp³-hybridized carbons (Fsp3) is 0.538. The summed E-state index contributed by atoms with van der Waals surface area (Å²) in [5, 5.41) is 9.88.